The van der Waals surface area contributed by atoms with E-state index < -0.39 is 0 Å². The van der Waals surface area contributed by atoms with Crippen LogP contribution < -0.4 is 5.32 Å². The van der Waals surface area contributed by atoms with E-state index >= 15 is 0 Å². The fourth-order valence-corrected chi connectivity index (χ4v) is 5.42. The summed E-state index contributed by atoms with van der Waals surface area (Å²) in [5, 5.41) is 3.93. The van der Waals surface area contributed by atoms with Crippen LogP contribution in [0.5, 0.6) is 0 Å². The molecule has 0 unspecified atom stereocenters. The van der Waals surface area contributed by atoms with Gasteiger partial charge in [-0.2, -0.15) is 0 Å². The van der Waals surface area contributed by atoms with Crippen LogP contribution in [-0.4, -0.2) is 10.9 Å². The predicted octanol–water partition coefficient (Wildman–Crippen LogP) is 7.17. The van der Waals surface area contributed by atoms with Crippen LogP contribution >= 0.6 is 11.8 Å². The van der Waals surface area contributed by atoms with Gasteiger partial charge in [-0.05, 0) is 54.5 Å². The van der Waals surface area contributed by atoms with Crippen LogP contribution in [0.25, 0.3) is 11.3 Å². The average Bonchev–Trinajstić information content (AvgIpc) is 2.88. The van der Waals surface area contributed by atoms with E-state index in [2.05, 4.69) is 53.8 Å². The Morgan fingerprint density at radius 1 is 0.788 bits per heavy atom. The highest BCUT2D eigenvalue weighted by Crippen LogP contribution is 2.38. The van der Waals surface area contributed by atoms with E-state index in [0.717, 1.165) is 59.0 Å². The van der Waals surface area contributed by atoms with Crippen LogP contribution in [0.2, 0.25) is 0 Å². The number of aromatic nitrogens is 1. The van der Waals surface area contributed by atoms with Crippen molar-refractivity contribution in [3.05, 3.63) is 113 Å². The SMILES string of the molecule is O=C(Nc1ccccc1)c1c(SCc2ccccc2)nc(-c2ccccc2)c2c1CCCC2. The van der Waals surface area contributed by atoms with Gasteiger partial charge in [0.25, 0.3) is 5.91 Å². The van der Waals surface area contributed by atoms with Crippen molar-refractivity contribution in [3.8, 4) is 11.3 Å². The highest BCUT2D eigenvalue weighted by Gasteiger charge is 2.27. The first-order valence-electron chi connectivity index (χ1n) is 11.4. The molecule has 3 aromatic carbocycles. The van der Waals surface area contributed by atoms with Gasteiger partial charge < -0.3 is 5.32 Å². The molecule has 0 spiro atoms. The number of pyridine rings is 1. The van der Waals surface area contributed by atoms with Gasteiger partial charge in [0.05, 0.1) is 11.3 Å². The number of benzene rings is 3. The summed E-state index contributed by atoms with van der Waals surface area (Å²) < 4.78 is 0. The lowest BCUT2D eigenvalue weighted by Crippen LogP contribution is -2.20. The third-order valence-electron chi connectivity index (χ3n) is 6.01. The lowest BCUT2D eigenvalue weighted by Gasteiger charge is -2.24. The molecule has 0 bridgehead atoms. The summed E-state index contributed by atoms with van der Waals surface area (Å²) >= 11 is 1.65. The molecular weight excluding hydrogens is 424 g/mol. The zero-order chi connectivity index (χ0) is 22.5. The Morgan fingerprint density at radius 3 is 2.09 bits per heavy atom. The van der Waals surface area contributed by atoms with Gasteiger partial charge in [0.2, 0.25) is 0 Å². The molecule has 1 heterocycles. The van der Waals surface area contributed by atoms with Gasteiger partial charge in [-0.25, -0.2) is 4.98 Å². The first kappa shape index (κ1) is 21.5. The van der Waals surface area contributed by atoms with Gasteiger partial charge in [-0.3, -0.25) is 4.79 Å². The second-order valence-electron chi connectivity index (χ2n) is 8.27. The van der Waals surface area contributed by atoms with Crippen LogP contribution in [0.15, 0.2) is 96.0 Å². The van der Waals surface area contributed by atoms with Gasteiger partial charge in [-0.1, -0.05) is 78.9 Å². The number of nitrogens with zero attached hydrogens (tertiary/aromatic N) is 1. The maximum Gasteiger partial charge on any atom is 0.258 e. The molecule has 1 aliphatic rings. The van der Waals surface area contributed by atoms with E-state index in [1.54, 1.807) is 11.8 Å². The van der Waals surface area contributed by atoms with Crippen molar-refractivity contribution in [2.45, 2.75) is 36.5 Å². The molecule has 4 heteroatoms. The van der Waals surface area contributed by atoms with Gasteiger partial charge in [-0.15, -0.1) is 11.8 Å². The maximum absolute atomic E-state index is 13.6. The second kappa shape index (κ2) is 10.1. The maximum atomic E-state index is 13.6. The normalized spacial score (nSPS) is 12.7. The molecule has 0 saturated carbocycles. The lowest BCUT2D eigenvalue weighted by atomic mass is 9.86. The summed E-state index contributed by atoms with van der Waals surface area (Å²) in [5.41, 5.74) is 7.31. The minimum absolute atomic E-state index is 0.0676. The molecule has 0 saturated heterocycles. The Hall–Kier alpha value is -3.37. The van der Waals surface area contributed by atoms with Crippen molar-refractivity contribution in [1.82, 2.24) is 4.98 Å². The number of para-hydroxylation sites is 1. The number of nitrogens with one attached hydrogen (secondary N) is 1. The first-order chi connectivity index (χ1) is 16.3. The highest BCUT2D eigenvalue weighted by molar-refractivity contribution is 7.98. The van der Waals surface area contributed by atoms with Crippen LogP contribution in [0.4, 0.5) is 5.69 Å². The fraction of sp³-hybridized carbons (Fsp3) is 0.172. The zero-order valence-corrected chi connectivity index (χ0v) is 19.3. The molecule has 4 aromatic rings. The molecule has 0 aliphatic heterocycles. The molecule has 33 heavy (non-hydrogen) atoms. The summed E-state index contributed by atoms with van der Waals surface area (Å²) in [6, 6.07) is 30.4. The molecule has 0 fully saturated rings. The van der Waals surface area contributed by atoms with E-state index in [-0.39, 0.29) is 5.91 Å². The summed E-state index contributed by atoms with van der Waals surface area (Å²) in [4.78, 5) is 18.7. The molecule has 1 aliphatic carbocycles. The van der Waals surface area contributed by atoms with Crippen molar-refractivity contribution in [2.75, 3.05) is 5.32 Å². The van der Waals surface area contributed by atoms with Gasteiger partial charge in [0.15, 0.2) is 0 Å². The molecule has 5 rings (SSSR count). The number of amides is 1. The molecule has 1 amide bonds. The number of thioether (sulfide) groups is 1. The minimum Gasteiger partial charge on any atom is -0.322 e. The number of fused-ring (bicyclic) bond motifs is 1. The Labute approximate surface area is 199 Å². The Bertz CT molecular complexity index is 1240. The van der Waals surface area contributed by atoms with Crippen molar-refractivity contribution in [1.29, 1.82) is 0 Å². The number of hydrogen-bond acceptors (Lipinski definition) is 3. The largest absolute Gasteiger partial charge is 0.322 e. The van der Waals surface area contributed by atoms with Crippen molar-refractivity contribution in [3.63, 3.8) is 0 Å². The number of carbonyl (C=O) groups is 1. The summed E-state index contributed by atoms with van der Waals surface area (Å²) in [5.74, 6) is 0.703. The fourth-order valence-electron chi connectivity index (χ4n) is 4.41. The van der Waals surface area contributed by atoms with Gasteiger partial charge in [0.1, 0.15) is 5.03 Å². The predicted molar refractivity (Wildman–Crippen MR) is 137 cm³/mol. The molecule has 164 valence electrons. The third-order valence-corrected chi connectivity index (χ3v) is 7.05. The van der Waals surface area contributed by atoms with E-state index in [1.807, 2.05) is 42.5 Å². The van der Waals surface area contributed by atoms with Crippen molar-refractivity contribution in [2.24, 2.45) is 0 Å². The average molecular weight is 451 g/mol. The molecule has 0 radical (unpaired) electrons. The third kappa shape index (κ3) is 4.86. The number of carbonyl (C=O) groups excluding carboxylic acids is 1. The Kier molecular flexibility index (Phi) is 6.54. The summed E-state index contributed by atoms with van der Waals surface area (Å²) in [6.45, 7) is 0. The topological polar surface area (TPSA) is 42.0 Å². The first-order valence-corrected chi connectivity index (χ1v) is 12.4. The highest BCUT2D eigenvalue weighted by atomic mass is 32.2. The summed E-state index contributed by atoms with van der Waals surface area (Å²) in [6.07, 6.45) is 4.10. The van der Waals surface area contributed by atoms with Gasteiger partial charge >= 0.3 is 0 Å². The number of anilines is 1. The molecule has 0 atom stereocenters. The second-order valence-corrected chi connectivity index (χ2v) is 9.23. The van der Waals surface area contributed by atoms with E-state index in [0.29, 0.717) is 0 Å². The lowest BCUT2D eigenvalue weighted by molar-refractivity contribution is 0.102. The molecular formula is C29H26N2OS. The zero-order valence-electron chi connectivity index (χ0n) is 18.5. The molecule has 3 nitrogen and oxygen atoms in total. The van der Waals surface area contributed by atoms with Gasteiger partial charge in [0, 0.05) is 17.0 Å². The molecule has 1 aromatic heterocycles. The van der Waals surface area contributed by atoms with Crippen LogP contribution in [0.1, 0.15) is 39.9 Å². The van der Waals surface area contributed by atoms with E-state index in [4.69, 9.17) is 4.98 Å². The quantitative estimate of drug-likeness (QED) is 0.317. The summed E-state index contributed by atoms with van der Waals surface area (Å²) in [7, 11) is 0. The van der Waals surface area contributed by atoms with Crippen molar-refractivity contribution < 1.29 is 4.79 Å². The van der Waals surface area contributed by atoms with Crippen molar-refractivity contribution >= 4 is 23.4 Å². The molecule has 1 N–H and O–H groups in total. The van der Waals surface area contributed by atoms with Crippen LogP contribution in [0.3, 0.4) is 0 Å². The Morgan fingerprint density at radius 2 is 1.39 bits per heavy atom. The standard InChI is InChI=1S/C29H26N2OS/c32-28(30-23-16-8-3-9-17-23)26-24-18-10-11-19-25(24)27(22-14-6-2-7-15-22)31-29(26)33-20-21-12-4-1-5-13-21/h1-9,12-17H,10-11,18-20H2,(H,30,32). The van der Waals surface area contributed by atoms with Crippen LogP contribution in [0, 0.1) is 0 Å². The smallest absolute Gasteiger partial charge is 0.258 e. The number of hydrogen-bond donors (Lipinski definition) is 1. The Balaban J connectivity index is 1.61. The van der Waals surface area contributed by atoms with E-state index in [9.17, 15) is 4.79 Å². The van der Waals surface area contributed by atoms with E-state index in [1.165, 1.54) is 16.7 Å². The van der Waals surface area contributed by atoms with Crippen LogP contribution in [-0.2, 0) is 18.6 Å². The monoisotopic (exact) mass is 450 g/mol. The minimum atomic E-state index is -0.0676. The number of rotatable bonds is 6.